The molecule has 2 aromatic carbocycles. The van der Waals surface area contributed by atoms with Crippen LogP contribution in [0.3, 0.4) is 0 Å². The Labute approximate surface area is 193 Å². The summed E-state index contributed by atoms with van der Waals surface area (Å²) in [5.41, 5.74) is 0.761. The summed E-state index contributed by atoms with van der Waals surface area (Å²) in [5, 5.41) is 12.3. The number of carbonyl (C=O) groups is 1. The van der Waals surface area contributed by atoms with E-state index >= 15 is 0 Å². The summed E-state index contributed by atoms with van der Waals surface area (Å²) in [7, 11) is 4.44. The zero-order valence-corrected chi connectivity index (χ0v) is 19.2. The number of ether oxygens (including phenoxy) is 4. The molecule has 9 heteroatoms. The standard InChI is InChI=1S/C23H20BrN3O5/c1-29-19-9-15(10-20(30-2)22(19)31-3)18(12-25)27-23(28)14-7-8-21(26-13-14)32-17-6-4-5-16(24)11-17/h4-11,13,18H,1-3H3,(H,27,28). The van der Waals surface area contributed by atoms with E-state index in [2.05, 4.69) is 32.3 Å². The van der Waals surface area contributed by atoms with Crippen LogP contribution in [0, 0.1) is 11.3 Å². The van der Waals surface area contributed by atoms with E-state index in [0.29, 0.717) is 34.4 Å². The van der Waals surface area contributed by atoms with E-state index in [1.54, 1.807) is 36.4 Å². The number of halogens is 1. The summed E-state index contributed by atoms with van der Waals surface area (Å²) in [6.07, 6.45) is 1.38. The highest BCUT2D eigenvalue weighted by molar-refractivity contribution is 9.10. The van der Waals surface area contributed by atoms with E-state index in [9.17, 15) is 10.1 Å². The van der Waals surface area contributed by atoms with E-state index < -0.39 is 11.9 Å². The van der Waals surface area contributed by atoms with Crippen molar-refractivity contribution in [2.24, 2.45) is 0 Å². The minimum atomic E-state index is -0.950. The molecule has 0 saturated heterocycles. The van der Waals surface area contributed by atoms with Crippen molar-refractivity contribution >= 4 is 21.8 Å². The Morgan fingerprint density at radius 1 is 1.06 bits per heavy atom. The molecule has 0 fully saturated rings. The lowest BCUT2D eigenvalue weighted by Crippen LogP contribution is -2.27. The molecule has 0 aliphatic carbocycles. The van der Waals surface area contributed by atoms with Gasteiger partial charge in [0.1, 0.15) is 11.8 Å². The van der Waals surface area contributed by atoms with Crippen LogP contribution in [0.15, 0.2) is 59.2 Å². The van der Waals surface area contributed by atoms with Crippen LogP contribution >= 0.6 is 15.9 Å². The highest BCUT2D eigenvalue weighted by Crippen LogP contribution is 2.39. The number of nitrogens with one attached hydrogen (secondary N) is 1. The number of pyridine rings is 1. The van der Waals surface area contributed by atoms with Gasteiger partial charge >= 0.3 is 0 Å². The third-order valence-electron chi connectivity index (χ3n) is 4.44. The maximum atomic E-state index is 12.7. The Balaban J connectivity index is 1.76. The van der Waals surface area contributed by atoms with Gasteiger partial charge in [-0.05, 0) is 42.0 Å². The molecule has 0 spiro atoms. The molecule has 0 aliphatic rings. The smallest absolute Gasteiger partial charge is 0.254 e. The minimum absolute atomic E-state index is 0.277. The molecule has 0 radical (unpaired) electrons. The second-order valence-corrected chi connectivity index (χ2v) is 7.35. The van der Waals surface area contributed by atoms with Crippen LogP contribution in [0.5, 0.6) is 28.9 Å². The molecule has 1 atom stereocenters. The van der Waals surface area contributed by atoms with E-state index in [1.165, 1.54) is 27.5 Å². The van der Waals surface area contributed by atoms with Crippen LogP contribution in [0.4, 0.5) is 0 Å². The number of amides is 1. The average molecular weight is 498 g/mol. The first-order valence-electron chi connectivity index (χ1n) is 9.39. The molecule has 32 heavy (non-hydrogen) atoms. The number of nitrogens with zero attached hydrogens (tertiary/aromatic N) is 2. The minimum Gasteiger partial charge on any atom is -0.493 e. The van der Waals surface area contributed by atoms with E-state index in [-0.39, 0.29) is 5.56 Å². The van der Waals surface area contributed by atoms with Crippen molar-refractivity contribution in [2.75, 3.05) is 21.3 Å². The van der Waals surface area contributed by atoms with E-state index in [0.717, 1.165) is 4.47 Å². The Hall–Kier alpha value is -3.77. The van der Waals surface area contributed by atoms with Crippen LogP contribution in [0.1, 0.15) is 22.0 Å². The van der Waals surface area contributed by atoms with Crippen molar-refractivity contribution in [3.8, 4) is 34.9 Å². The Morgan fingerprint density at radius 3 is 2.31 bits per heavy atom. The highest BCUT2D eigenvalue weighted by Gasteiger charge is 2.21. The summed E-state index contributed by atoms with van der Waals surface area (Å²) < 4.78 is 22.5. The topological polar surface area (TPSA) is 103 Å². The van der Waals surface area contributed by atoms with Gasteiger partial charge in [0, 0.05) is 16.7 Å². The Morgan fingerprint density at radius 2 is 1.78 bits per heavy atom. The van der Waals surface area contributed by atoms with Crippen LogP contribution in [0.25, 0.3) is 0 Å². The summed E-state index contributed by atoms with van der Waals surface area (Å²) in [4.78, 5) is 16.9. The van der Waals surface area contributed by atoms with Gasteiger partial charge in [0.25, 0.3) is 5.91 Å². The number of hydrogen-bond donors (Lipinski definition) is 1. The maximum Gasteiger partial charge on any atom is 0.254 e. The summed E-state index contributed by atoms with van der Waals surface area (Å²) in [5.74, 6) is 1.63. The summed E-state index contributed by atoms with van der Waals surface area (Å²) >= 11 is 3.38. The fraction of sp³-hybridized carbons (Fsp3) is 0.174. The van der Waals surface area contributed by atoms with E-state index in [1.807, 2.05) is 12.1 Å². The van der Waals surface area contributed by atoms with Crippen LogP contribution < -0.4 is 24.3 Å². The quantitative estimate of drug-likeness (QED) is 0.482. The molecule has 0 aliphatic heterocycles. The molecular formula is C23H20BrN3O5. The second kappa shape index (κ2) is 10.5. The predicted octanol–water partition coefficient (Wildman–Crippen LogP) is 4.66. The summed E-state index contributed by atoms with van der Waals surface area (Å²) in [6, 6.07) is 14.8. The maximum absolute atomic E-state index is 12.7. The number of nitriles is 1. The van der Waals surface area contributed by atoms with E-state index in [4.69, 9.17) is 18.9 Å². The lowest BCUT2D eigenvalue weighted by atomic mass is 10.1. The molecule has 1 amide bonds. The molecule has 1 heterocycles. The van der Waals surface area contributed by atoms with Crippen LogP contribution in [-0.2, 0) is 0 Å². The van der Waals surface area contributed by atoms with Gasteiger partial charge in [-0.15, -0.1) is 0 Å². The van der Waals surface area contributed by atoms with Crippen LogP contribution in [0.2, 0.25) is 0 Å². The van der Waals surface area contributed by atoms with Gasteiger partial charge in [0.15, 0.2) is 11.5 Å². The third kappa shape index (κ3) is 5.28. The number of hydrogen-bond acceptors (Lipinski definition) is 7. The lowest BCUT2D eigenvalue weighted by molar-refractivity contribution is 0.0944. The van der Waals surface area contributed by atoms with Gasteiger partial charge in [-0.2, -0.15) is 5.26 Å². The average Bonchev–Trinajstić information content (AvgIpc) is 2.81. The largest absolute Gasteiger partial charge is 0.493 e. The summed E-state index contributed by atoms with van der Waals surface area (Å²) in [6.45, 7) is 0. The second-order valence-electron chi connectivity index (χ2n) is 6.44. The molecule has 3 rings (SSSR count). The predicted molar refractivity (Wildman–Crippen MR) is 120 cm³/mol. The molecule has 164 valence electrons. The molecule has 8 nitrogen and oxygen atoms in total. The molecule has 1 N–H and O–H groups in total. The van der Waals surface area contributed by atoms with Crippen molar-refractivity contribution in [3.63, 3.8) is 0 Å². The normalized spacial score (nSPS) is 11.1. The lowest BCUT2D eigenvalue weighted by Gasteiger charge is -2.17. The highest BCUT2D eigenvalue weighted by atomic mass is 79.9. The Bertz CT molecular complexity index is 1120. The van der Waals surface area contributed by atoms with Crippen molar-refractivity contribution < 1.29 is 23.7 Å². The van der Waals surface area contributed by atoms with Gasteiger partial charge in [0.05, 0.1) is 33.0 Å². The fourth-order valence-corrected chi connectivity index (χ4v) is 3.28. The number of rotatable bonds is 8. The fourth-order valence-electron chi connectivity index (χ4n) is 2.90. The van der Waals surface area contributed by atoms with Gasteiger partial charge in [-0.3, -0.25) is 4.79 Å². The first-order valence-corrected chi connectivity index (χ1v) is 10.2. The Kier molecular flexibility index (Phi) is 7.52. The monoisotopic (exact) mass is 497 g/mol. The zero-order chi connectivity index (χ0) is 23.1. The van der Waals surface area contributed by atoms with Crippen LogP contribution in [-0.4, -0.2) is 32.2 Å². The third-order valence-corrected chi connectivity index (χ3v) is 4.94. The van der Waals surface area contributed by atoms with Crippen molar-refractivity contribution in [3.05, 3.63) is 70.3 Å². The van der Waals surface area contributed by atoms with Crippen molar-refractivity contribution in [1.82, 2.24) is 10.3 Å². The van der Waals surface area contributed by atoms with Crippen molar-refractivity contribution in [2.45, 2.75) is 6.04 Å². The molecule has 0 saturated carbocycles. The number of benzene rings is 2. The van der Waals surface area contributed by atoms with Gasteiger partial charge in [-0.1, -0.05) is 22.0 Å². The molecule has 1 unspecified atom stereocenters. The molecule has 1 aromatic heterocycles. The number of aromatic nitrogens is 1. The van der Waals surface area contributed by atoms with Gasteiger partial charge < -0.3 is 24.3 Å². The van der Waals surface area contributed by atoms with Crippen molar-refractivity contribution in [1.29, 1.82) is 5.26 Å². The SMILES string of the molecule is COc1cc(C(C#N)NC(=O)c2ccc(Oc3cccc(Br)c3)nc2)cc(OC)c1OC. The molecule has 3 aromatic rings. The number of methoxy groups -OCH3 is 3. The molecule has 0 bridgehead atoms. The first-order chi connectivity index (χ1) is 15.5. The van der Waals surface area contributed by atoms with Gasteiger partial charge in [0.2, 0.25) is 11.6 Å². The molecular weight excluding hydrogens is 478 g/mol. The zero-order valence-electron chi connectivity index (χ0n) is 17.6. The number of carbonyl (C=O) groups excluding carboxylic acids is 1. The van der Waals surface area contributed by atoms with Gasteiger partial charge in [-0.25, -0.2) is 4.98 Å². The first kappa shape index (κ1) is 22.9.